The summed E-state index contributed by atoms with van der Waals surface area (Å²) in [5.74, 6) is 2.55. The lowest BCUT2D eigenvalue weighted by atomic mass is 10.1. The summed E-state index contributed by atoms with van der Waals surface area (Å²) in [6.45, 7) is 9.48. The zero-order valence-electron chi connectivity index (χ0n) is 15.6. The van der Waals surface area contributed by atoms with E-state index in [1.807, 2.05) is 0 Å². The third-order valence-electron chi connectivity index (χ3n) is 5.31. The molecule has 0 aromatic carbocycles. The van der Waals surface area contributed by atoms with Gasteiger partial charge in [-0.25, -0.2) is 4.98 Å². The first-order chi connectivity index (χ1) is 12.2. The van der Waals surface area contributed by atoms with Crippen LogP contribution in [0.1, 0.15) is 44.4 Å². The summed E-state index contributed by atoms with van der Waals surface area (Å²) >= 11 is 0. The van der Waals surface area contributed by atoms with Gasteiger partial charge in [-0.2, -0.15) is 4.98 Å². The highest BCUT2D eigenvalue weighted by molar-refractivity contribution is 5.52. The molecule has 0 spiro atoms. The average Bonchev–Trinajstić information content (AvgIpc) is 3.27. The van der Waals surface area contributed by atoms with Crippen LogP contribution in [-0.4, -0.2) is 59.8 Å². The molecule has 138 valence electrons. The summed E-state index contributed by atoms with van der Waals surface area (Å²) < 4.78 is 5.55. The van der Waals surface area contributed by atoms with E-state index in [2.05, 4.69) is 29.4 Å². The molecule has 25 heavy (non-hydrogen) atoms. The van der Waals surface area contributed by atoms with Crippen LogP contribution in [0, 0.1) is 5.92 Å². The Morgan fingerprint density at radius 1 is 1.16 bits per heavy atom. The van der Waals surface area contributed by atoms with Crippen molar-refractivity contribution in [2.45, 2.75) is 58.0 Å². The summed E-state index contributed by atoms with van der Waals surface area (Å²) in [6, 6.07) is 0.956. The molecule has 4 rings (SSSR count). The molecule has 2 N–H and O–H groups in total. The summed E-state index contributed by atoms with van der Waals surface area (Å²) in [6.07, 6.45) is 5.79. The van der Waals surface area contributed by atoms with Crippen LogP contribution in [0.25, 0.3) is 0 Å². The first-order valence-corrected chi connectivity index (χ1v) is 9.90. The van der Waals surface area contributed by atoms with Gasteiger partial charge in [0.05, 0.1) is 12.3 Å². The predicted octanol–water partition coefficient (Wildman–Crippen LogP) is 2.31. The number of hydrogen-bond donors (Lipinski definition) is 2. The van der Waals surface area contributed by atoms with Gasteiger partial charge >= 0.3 is 0 Å². The Labute approximate surface area is 150 Å². The first-order valence-electron chi connectivity index (χ1n) is 9.90. The maximum Gasteiger partial charge on any atom is 0.225 e. The number of ether oxygens (including phenoxy) is 1. The molecule has 1 atom stereocenters. The van der Waals surface area contributed by atoms with Gasteiger partial charge in [0, 0.05) is 50.3 Å². The minimum atomic E-state index is 0.344. The maximum atomic E-state index is 5.55. The fourth-order valence-electron chi connectivity index (χ4n) is 3.78. The Kier molecular flexibility index (Phi) is 5.08. The molecule has 6 nitrogen and oxygen atoms in total. The van der Waals surface area contributed by atoms with Crippen LogP contribution in [-0.2, 0) is 17.6 Å². The predicted molar refractivity (Wildman–Crippen MR) is 100 cm³/mol. The molecule has 1 aromatic rings. The van der Waals surface area contributed by atoms with Crippen molar-refractivity contribution in [2.75, 3.05) is 43.5 Å². The average molecular weight is 345 g/mol. The van der Waals surface area contributed by atoms with E-state index in [-0.39, 0.29) is 0 Å². The molecule has 1 aliphatic carbocycles. The minimum Gasteiger partial charge on any atom is -0.381 e. The van der Waals surface area contributed by atoms with E-state index in [0.29, 0.717) is 18.0 Å². The largest absolute Gasteiger partial charge is 0.381 e. The lowest BCUT2D eigenvalue weighted by Gasteiger charge is -2.22. The normalized spacial score (nSPS) is 24.2. The molecular weight excluding hydrogens is 314 g/mol. The van der Waals surface area contributed by atoms with Crippen LogP contribution in [0.4, 0.5) is 11.8 Å². The van der Waals surface area contributed by atoms with E-state index in [1.54, 1.807) is 0 Å². The van der Waals surface area contributed by atoms with Crippen LogP contribution in [0.2, 0.25) is 0 Å². The fraction of sp³-hybridized carbons (Fsp3) is 0.789. The summed E-state index contributed by atoms with van der Waals surface area (Å²) in [7, 11) is 0. The number of nitrogens with zero attached hydrogens (tertiary/aromatic N) is 3. The van der Waals surface area contributed by atoms with Crippen LogP contribution < -0.4 is 10.6 Å². The summed E-state index contributed by atoms with van der Waals surface area (Å²) in [5, 5.41) is 7.03. The zero-order valence-corrected chi connectivity index (χ0v) is 15.6. The highest BCUT2D eigenvalue weighted by Gasteiger charge is 2.27. The van der Waals surface area contributed by atoms with Gasteiger partial charge in [0.15, 0.2) is 0 Å². The number of rotatable bonds is 6. The van der Waals surface area contributed by atoms with E-state index in [1.165, 1.54) is 30.5 Å². The minimum absolute atomic E-state index is 0.344. The lowest BCUT2D eigenvalue weighted by Crippen LogP contribution is -2.32. The van der Waals surface area contributed by atoms with Crippen molar-refractivity contribution in [3.8, 4) is 0 Å². The third kappa shape index (κ3) is 4.42. The zero-order chi connectivity index (χ0) is 17.2. The van der Waals surface area contributed by atoms with Gasteiger partial charge in [0.2, 0.25) is 5.95 Å². The Morgan fingerprint density at radius 3 is 2.72 bits per heavy atom. The second kappa shape index (κ2) is 7.46. The molecule has 2 aliphatic heterocycles. The Bertz CT molecular complexity index is 596. The maximum absolute atomic E-state index is 5.55. The monoisotopic (exact) mass is 345 g/mol. The molecule has 2 fully saturated rings. The Hall–Kier alpha value is -1.40. The van der Waals surface area contributed by atoms with Crippen molar-refractivity contribution in [3.05, 3.63) is 11.3 Å². The molecular formula is C19H31N5O. The molecule has 0 radical (unpaired) electrons. The Morgan fingerprint density at radius 2 is 2.00 bits per heavy atom. The molecule has 0 bridgehead atoms. The van der Waals surface area contributed by atoms with Crippen molar-refractivity contribution in [1.82, 2.24) is 14.9 Å². The smallest absolute Gasteiger partial charge is 0.225 e. The van der Waals surface area contributed by atoms with Gasteiger partial charge in [-0.15, -0.1) is 0 Å². The summed E-state index contributed by atoms with van der Waals surface area (Å²) in [4.78, 5) is 12.3. The molecule has 1 aromatic heterocycles. The molecule has 1 saturated heterocycles. The van der Waals surface area contributed by atoms with Gasteiger partial charge in [0.1, 0.15) is 5.82 Å². The molecule has 1 unspecified atom stereocenters. The second-order valence-corrected chi connectivity index (χ2v) is 8.07. The topological polar surface area (TPSA) is 62.3 Å². The first kappa shape index (κ1) is 17.0. The van der Waals surface area contributed by atoms with Crippen molar-refractivity contribution in [1.29, 1.82) is 0 Å². The van der Waals surface area contributed by atoms with Crippen molar-refractivity contribution in [2.24, 2.45) is 5.92 Å². The van der Waals surface area contributed by atoms with Gasteiger partial charge in [-0.05, 0) is 45.4 Å². The highest BCUT2D eigenvalue weighted by Crippen LogP contribution is 2.29. The number of anilines is 2. The van der Waals surface area contributed by atoms with E-state index < -0.39 is 0 Å². The number of nitrogens with one attached hydrogen (secondary N) is 2. The van der Waals surface area contributed by atoms with Gasteiger partial charge in [-0.3, -0.25) is 0 Å². The van der Waals surface area contributed by atoms with Crippen molar-refractivity contribution < 1.29 is 4.74 Å². The van der Waals surface area contributed by atoms with Gasteiger partial charge < -0.3 is 20.3 Å². The third-order valence-corrected chi connectivity index (χ3v) is 5.31. The molecule has 3 aliphatic rings. The molecule has 1 saturated carbocycles. The van der Waals surface area contributed by atoms with E-state index in [0.717, 1.165) is 57.5 Å². The molecule has 3 heterocycles. The van der Waals surface area contributed by atoms with Crippen molar-refractivity contribution >= 4 is 11.8 Å². The second-order valence-electron chi connectivity index (χ2n) is 8.07. The number of hydrogen-bond acceptors (Lipinski definition) is 6. The fourth-order valence-corrected chi connectivity index (χ4v) is 3.78. The standard InChI is InChI=1S/C19H31N5O/c1-13(2)20-19-22-17-6-9-24(11-14-7-10-25-12-14)8-5-16(17)18(23-19)21-15-3-4-15/h13-15H,3-12H2,1-2H3,(H2,20,21,22,23). The van der Waals surface area contributed by atoms with Gasteiger partial charge in [-0.1, -0.05) is 0 Å². The summed E-state index contributed by atoms with van der Waals surface area (Å²) in [5.41, 5.74) is 2.57. The van der Waals surface area contributed by atoms with Crippen LogP contribution >= 0.6 is 0 Å². The van der Waals surface area contributed by atoms with E-state index >= 15 is 0 Å². The van der Waals surface area contributed by atoms with E-state index in [4.69, 9.17) is 14.7 Å². The SMILES string of the molecule is CC(C)Nc1nc2c(c(NC3CC3)n1)CCN(CC1CCOC1)CC2. The number of fused-ring (bicyclic) bond motifs is 1. The van der Waals surface area contributed by atoms with E-state index in [9.17, 15) is 0 Å². The van der Waals surface area contributed by atoms with Crippen LogP contribution in [0.3, 0.4) is 0 Å². The van der Waals surface area contributed by atoms with Gasteiger partial charge in [0.25, 0.3) is 0 Å². The quantitative estimate of drug-likeness (QED) is 0.825. The molecule has 6 heteroatoms. The lowest BCUT2D eigenvalue weighted by molar-refractivity contribution is 0.168. The van der Waals surface area contributed by atoms with Crippen LogP contribution in [0.5, 0.6) is 0 Å². The Balaban J connectivity index is 1.50. The highest BCUT2D eigenvalue weighted by atomic mass is 16.5. The number of aromatic nitrogens is 2. The molecule has 0 amide bonds. The van der Waals surface area contributed by atoms with Crippen molar-refractivity contribution in [3.63, 3.8) is 0 Å². The van der Waals surface area contributed by atoms with Crippen LogP contribution in [0.15, 0.2) is 0 Å².